The van der Waals surface area contributed by atoms with E-state index in [1.54, 1.807) is 6.07 Å². The minimum absolute atomic E-state index is 0.304. The monoisotopic (exact) mass is 283 g/mol. The Kier molecular flexibility index (Phi) is 2.90. The van der Waals surface area contributed by atoms with E-state index in [-0.39, 0.29) is 0 Å². The Balaban J connectivity index is 1.97. The van der Waals surface area contributed by atoms with Crippen LogP contribution >= 0.6 is 11.6 Å². The molecule has 1 aliphatic rings. The van der Waals surface area contributed by atoms with Gasteiger partial charge in [-0.05, 0) is 30.2 Å². The highest BCUT2D eigenvalue weighted by atomic mass is 35.5. The Hall–Kier alpha value is -1.68. The van der Waals surface area contributed by atoms with Crippen molar-refractivity contribution in [3.63, 3.8) is 0 Å². The number of hydrogen-bond donors (Lipinski definition) is 1. The second-order valence-electron chi connectivity index (χ2n) is 4.49. The summed E-state index contributed by atoms with van der Waals surface area (Å²) < 4.78 is 40.3. The van der Waals surface area contributed by atoms with E-state index in [1.165, 1.54) is 18.2 Å². The van der Waals surface area contributed by atoms with Gasteiger partial charge in [0.2, 0.25) is 0 Å². The van der Waals surface area contributed by atoms with Crippen molar-refractivity contribution in [2.45, 2.75) is 12.5 Å². The molecule has 2 aromatic carbocycles. The fourth-order valence-electron chi connectivity index (χ4n) is 2.37. The summed E-state index contributed by atoms with van der Waals surface area (Å²) in [6.07, 6.45) is 0.412. The van der Waals surface area contributed by atoms with Gasteiger partial charge in [0.1, 0.15) is 17.5 Å². The van der Waals surface area contributed by atoms with Gasteiger partial charge in [-0.1, -0.05) is 17.7 Å². The second kappa shape index (κ2) is 4.46. The molecule has 0 spiro atoms. The first-order valence-corrected chi connectivity index (χ1v) is 6.12. The highest BCUT2D eigenvalue weighted by molar-refractivity contribution is 6.30. The topological polar surface area (TPSA) is 12.0 Å². The predicted octanol–water partition coefficient (Wildman–Crippen LogP) is 4.47. The van der Waals surface area contributed by atoms with Crippen LogP contribution in [0.25, 0.3) is 0 Å². The van der Waals surface area contributed by atoms with Gasteiger partial charge in [-0.2, -0.15) is 0 Å². The minimum atomic E-state index is -0.642. The highest BCUT2D eigenvalue weighted by Gasteiger charge is 2.27. The molecule has 0 saturated carbocycles. The van der Waals surface area contributed by atoms with Gasteiger partial charge in [-0.15, -0.1) is 0 Å². The molecule has 0 saturated heterocycles. The lowest BCUT2D eigenvalue weighted by Crippen LogP contribution is -2.08. The number of rotatable bonds is 1. The third kappa shape index (κ3) is 2.16. The summed E-state index contributed by atoms with van der Waals surface area (Å²) in [5.74, 6) is -1.74. The molecular weight excluding hydrogens is 275 g/mol. The first-order chi connectivity index (χ1) is 9.04. The summed E-state index contributed by atoms with van der Waals surface area (Å²) in [6, 6.07) is 5.82. The maximum absolute atomic E-state index is 13.7. The Bertz CT molecular complexity index is 657. The van der Waals surface area contributed by atoms with E-state index in [0.717, 1.165) is 6.07 Å². The SMILES string of the molecule is Fc1ccc(C2Cc3cc(Cl)cc(F)c3N2)c(F)c1. The average Bonchev–Trinajstić information content (AvgIpc) is 2.72. The van der Waals surface area contributed by atoms with Crippen LogP contribution in [0.3, 0.4) is 0 Å². The molecule has 2 aromatic rings. The number of halogens is 4. The summed E-state index contributed by atoms with van der Waals surface area (Å²) in [5.41, 5.74) is 1.34. The molecule has 0 bridgehead atoms. The van der Waals surface area contributed by atoms with E-state index >= 15 is 0 Å². The quantitative estimate of drug-likeness (QED) is 0.814. The van der Waals surface area contributed by atoms with Crippen molar-refractivity contribution < 1.29 is 13.2 Å². The molecule has 1 nitrogen and oxygen atoms in total. The van der Waals surface area contributed by atoms with Crippen LogP contribution in [0, 0.1) is 17.5 Å². The lowest BCUT2D eigenvalue weighted by molar-refractivity contribution is 0.563. The first kappa shape index (κ1) is 12.4. The molecule has 0 aromatic heterocycles. The number of benzene rings is 2. The van der Waals surface area contributed by atoms with Crippen molar-refractivity contribution >= 4 is 17.3 Å². The van der Waals surface area contributed by atoms with E-state index in [0.29, 0.717) is 28.3 Å². The summed E-state index contributed by atoms with van der Waals surface area (Å²) in [5, 5.41) is 3.21. The van der Waals surface area contributed by atoms with Gasteiger partial charge in [0, 0.05) is 16.7 Å². The zero-order valence-corrected chi connectivity index (χ0v) is 10.4. The lowest BCUT2D eigenvalue weighted by Gasteiger charge is -2.12. The molecule has 98 valence electrons. The summed E-state index contributed by atoms with van der Waals surface area (Å²) in [6.45, 7) is 0. The van der Waals surface area contributed by atoms with E-state index in [1.807, 2.05) is 0 Å². The van der Waals surface area contributed by atoms with E-state index in [4.69, 9.17) is 11.6 Å². The molecule has 1 N–H and O–H groups in total. The van der Waals surface area contributed by atoms with Crippen LogP contribution in [-0.4, -0.2) is 0 Å². The van der Waals surface area contributed by atoms with E-state index in [9.17, 15) is 13.2 Å². The molecule has 1 unspecified atom stereocenters. The molecular formula is C14H9ClF3N. The summed E-state index contributed by atoms with van der Waals surface area (Å²) in [7, 11) is 0. The molecule has 3 rings (SSSR count). The van der Waals surface area contributed by atoms with Crippen molar-refractivity contribution in [1.82, 2.24) is 0 Å². The molecule has 1 aliphatic heterocycles. The van der Waals surface area contributed by atoms with Crippen LogP contribution in [0.5, 0.6) is 0 Å². The molecule has 0 radical (unpaired) electrons. The largest absolute Gasteiger partial charge is 0.375 e. The molecule has 19 heavy (non-hydrogen) atoms. The fourth-order valence-corrected chi connectivity index (χ4v) is 2.59. The van der Waals surface area contributed by atoms with Crippen LogP contribution in [0.2, 0.25) is 5.02 Å². The Morgan fingerprint density at radius 2 is 1.84 bits per heavy atom. The van der Waals surface area contributed by atoms with Gasteiger partial charge in [0.25, 0.3) is 0 Å². The van der Waals surface area contributed by atoms with Crippen LogP contribution in [-0.2, 0) is 6.42 Å². The number of fused-ring (bicyclic) bond motifs is 1. The van der Waals surface area contributed by atoms with Crippen LogP contribution < -0.4 is 5.32 Å². The maximum Gasteiger partial charge on any atom is 0.148 e. The molecule has 1 atom stereocenters. The zero-order valence-electron chi connectivity index (χ0n) is 9.68. The maximum atomic E-state index is 13.7. The van der Waals surface area contributed by atoms with Crippen molar-refractivity contribution in [2.24, 2.45) is 0 Å². The number of nitrogens with one attached hydrogen (secondary N) is 1. The van der Waals surface area contributed by atoms with Crippen molar-refractivity contribution in [3.8, 4) is 0 Å². The van der Waals surface area contributed by atoms with Gasteiger partial charge in [-0.25, -0.2) is 13.2 Å². The van der Waals surface area contributed by atoms with Gasteiger partial charge in [0.15, 0.2) is 0 Å². The van der Waals surface area contributed by atoms with Gasteiger partial charge >= 0.3 is 0 Å². The second-order valence-corrected chi connectivity index (χ2v) is 4.93. The third-order valence-corrected chi connectivity index (χ3v) is 3.44. The van der Waals surface area contributed by atoms with Crippen molar-refractivity contribution in [1.29, 1.82) is 0 Å². The van der Waals surface area contributed by atoms with Gasteiger partial charge in [0.05, 0.1) is 11.7 Å². The minimum Gasteiger partial charge on any atom is -0.375 e. The standard InChI is InChI=1S/C14H9ClF3N/c15-8-3-7-4-13(19-14(7)12(18)5-8)10-2-1-9(16)6-11(10)17/h1-3,5-6,13,19H,4H2. The summed E-state index contributed by atoms with van der Waals surface area (Å²) in [4.78, 5) is 0. The Morgan fingerprint density at radius 1 is 1.05 bits per heavy atom. The predicted molar refractivity (Wildman–Crippen MR) is 67.8 cm³/mol. The smallest absolute Gasteiger partial charge is 0.148 e. The van der Waals surface area contributed by atoms with Crippen molar-refractivity contribution in [3.05, 3.63) is 63.9 Å². The van der Waals surface area contributed by atoms with Crippen LogP contribution in [0.15, 0.2) is 30.3 Å². The van der Waals surface area contributed by atoms with Crippen LogP contribution in [0.4, 0.5) is 18.9 Å². The van der Waals surface area contributed by atoms with E-state index in [2.05, 4.69) is 5.32 Å². The Morgan fingerprint density at radius 3 is 2.58 bits per heavy atom. The number of hydrogen-bond acceptors (Lipinski definition) is 1. The fraction of sp³-hybridized carbons (Fsp3) is 0.143. The number of anilines is 1. The molecule has 5 heteroatoms. The zero-order chi connectivity index (χ0) is 13.6. The molecule has 0 amide bonds. The normalized spacial score (nSPS) is 17.2. The van der Waals surface area contributed by atoms with Gasteiger partial charge < -0.3 is 5.32 Å². The lowest BCUT2D eigenvalue weighted by atomic mass is 10.0. The molecule has 0 aliphatic carbocycles. The van der Waals surface area contributed by atoms with Crippen LogP contribution in [0.1, 0.15) is 17.2 Å². The Labute approximate surface area is 113 Å². The first-order valence-electron chi connectivity index (χ1n) is 5.74. The average molecular weight is 284 g/mol. The third-order valence-electron chi connectivity index (χ3n) is 3.22. The van der Waals surface area contributed by atoms with E-state index < -0.39 is 23.5 Å². The summed E-state index contributed by atoms with van der Waals surface area (Å²) >= 11 is 5.78. The molecule has 0 fully saturated rings. The highest BCUT2D eigenvalue weighted by Crippen LogP contribution is 2.38. The molecule has 1 heterocycles. The van der Waals surface area contributed by atoms with Crippen molar-refractivity contribution in [2.75, 3.05) is 5.32 Å². The van der Waals surface area contributed by atoms with Gasteiger partial charge in [-0.3, -0.25) is 0 Å².